The Morgan fingerprint density at radius 3 is 2.31 bits per heavy atom. The summed E-state index contributed by atoms with van der Waals surface area (Å²) in [6, 6.07) is 28.4. The molecule has 0 fully saturated rings. The molecule has 0 saturated heterocycles. The molecule has 1 atom stereocenters. The van der Waals surface area contributed by atoms with Crippen molar-refractivity contribution >= 4 is 70.1 Å². The quantitative estimate of drug-likeness (QED) is 0.124. The van der Waals surface area contributed by atoms with Crippen molar-refractivity contribution in [2.24, 2.45) is 0 Å². The number of aryl methyl sites for hydroxylation is 1. The van der Waals surface area contributed by atoms with E-state index in [0.717, 1.165) is 16.0 Å². The van der Waals surface area contributed by atoms with Crippen LogP contribution in [0.25, 0.3) is 6.08 Å². The Morgan fingerprint density at radius 2 is 1.60 bits per heavy atom. The first-order valence-electron chi connectivity index (χ1n) is 13.2. The molecular weight excluding hydrogens is 589 g/mol. The molecule has 0 saturated carbocycles. The van der Waals surface area contributed by atoms with Crippen molar-refractivity contribution in [2.75, 3.05) is 10.6 Å². The van der Waals surface area contributed by atoms with Crippen LogP contribution in [0.15, 0.2) is 108 Å². The number of carbonyl (C=O) groups is 3. The van der Waals surface area contributed by atoms with Gasteiger partial charge in [-0.25, -0.2) is 0 Å². The number of anilines is 2. The highest BCUT2D eigenvalue weighted by Gasteiger charge is 2.20. The number of benzene rings is 4. The van der Waals surface area contributed by atoms with Gasteiger partial charge in [0.15, 0.2) is 0 Å². The van der Waals surface area contributed by atoms with Crippen LogP contribution < -0.4 is 16.0 Å². The summed E-state index contributed by atoms with van der Waals surface area (Å²) in [5.41, 5.74) is 3.33. The van der Waals surface area contributed by atoms with Crippen LogP contribution in [0.1, 0.15) is 34.8 Å². The van der Waals surface area contributed by atoms with E-state index in [1.807, 2.05) is 50.2 Å². The minimum absolute atomic E-state index is 0.0926. The molecule has 0 radical (unpaired) electrons. The Morgan fingerprint density at radius 1 is 0.857 bits per heavy atom. The first kappa shape index (κ1) is 30.9. The predicted octanol–water partition coefficient (Wildman–Crippen LogP) is 8.22. The van der Waals surface area contributed by atoms with Crippen molar-refractivity contribution in [2.45, 2.75) is 30.4 Å². The van der Waals surface area contributed by atoms with Crippen LogP contribution in [-0.4, -0.2) is 23.0 Å². The van der Waals surface area contributed by atoms with Crippen LogP contribution in [0.4, 0.5) is 11.4 Å². The van der Waals surface area contributed by atoms with Gasteiger partial charge in [-0.2, -0.15) is 0 Å². The molecule has 0 aromatic heterocycles. The van der Waals surface area contributed by atoms with E-state index < -0.39 is 17.1 Å². The first-order chi connectivity index (χ1) is 20.2. The highest BCUT2D eigenvalue weighted by atomic mass is 35.5. The van der Waals surface area contributed by atoms with E-state index in [-0.39, 0.29) is 11.6 Å². The predicted molar refractivity (Wildman–Crippen MR) is 173 cm³/mol. The molecule has 9 heteroatoms. The molecule has 0 aliphatic carbocycles. The minimum Gasteiger partial charge on any atom is -0.324 e. The molecule has 42 heavy (non-hydrogen) atoms. The van der Waals surface area contributed by atoms with Crippen molar-refractivity contribution in [1.29, 1.82) is 0 Å². The van der Waals surface area contributed by atoms with E-state index in [1.165, 1.54) is 11.8 Å². The lowest BCUT2D eigenvalue weighted by molar-refractivity contribution is -0.116. The van der Waals surface area contributed by atoms with Crippen LogP contribution in [0, 0.1) is 6.92 Å². The van der Waals surface area contributed by atoms with Crippen molar-refractivity contribution < 1.29 is 14.4 Å². The molecule has 1 unspecified atom stereocenters. The number of carbonyl (C=O) groups excluding carboxylic acids is 3. The minimum atomic E-state index is -0.484. The molecule has 4 rings (SSSR count). The molecule has 3 N–H and O–H groups in total. The zero-order chi connectivity index (χ0) is 30.1. The van der Waals surface area contributed by atoms with E-state index in [4.69, 9.17) is 23.2 Å². The van der Waals surface area contributed by atoms with Crippen LogP contribution in [0.2, 0.25) is 10.0 Å². The topological polar surface area (TPSA) is 87.3 Å². The Hall–Kier alpha value is -4.04. The number of hydrogen-bond donors (Lipinski definition) is 3. The second kappa shape index (κ2) is 14.7. The first-order valence-corrected chi connectivity index (χ1v) is 14.8. The molecule has 6 nitrogen and oxygen atoms in total. The third kappa shape index (κ3) is 8.73. The summed E-state index contributed by atoms with van der Waals surface area (Å²) < 4.78 is 0. The maximum Gasteiger partial charge on any atom is 0.272 e. The van der Waals surface area contributed by atoms with Crippen LogP contribution >= 0.6 is 35.0 Å². The van der Waals surface area contributed by atoms with Gasteiger partial charge in [0.1, 0.15) is 5.70 Å². The molecule has 0 heterocycles. The highest BCUT2D eigenvalue weighted by molar-refractivity contribution is 8.00. The molecule has 4 aromatic rings. The summed E-state index contributed by atoms with van der Waals surface area (Å²) in [4.78, 5) is 40.1. The number of amides is 3. The van der Waals surface area contributed by atoms with Crippen molar-refractivity contribution in [3.8, 4) is 0 Å². The zero-order valence-electron chi connectivity index (χ0n) is 23.0. The Kier molecular flexibility index (Phi) is 10.8. The molecule has 214 valence electrons. The van der Waals surface area contributed by atoms with Gasteiger partial charge in [-0.1, -0.05) is 84.2 Å². The zero-order valence-corrected chi connectivity index (χ0v) is 25.3. The number of halogens is 2. The van der Waals surface area contributed by atoms with Gasteiger partial charge in [0.05, 0.1) is 16.0 Å². The number of nitrogens with one attached hydrogen (secondary N) is 3. The van der Waals surface area contributed by atoms with E-state index >= 15 is 0 Å². The van der Waals surface area contributed by atoms with Crippen molar-refractivity contribution in [3.63, 3.8) is 0 Å². The fraction of sp³-hybridized carbons (Fsp3) is 0.121. The van der Waals surface area contributed by atoms with E-state index in [9.17, 15) is 14.4 Å². The summed E-state index contributed by atoms with van der Waals surface area (Å²) >= 11 is 13.6. The van der Waals surface area contributed by atoms with Gasteiger partial charge in [-0.15, -0.1) is 11.8 Å². The summed E-state index contributed by atoms with van der Waals surface area (Å²) in [5, 5.41) is 8.92. The molecular formula is C33H29Cl2N3O3S. The number of hydrogen-bond acceptors (Lipinski definition) is 4. The van der Waals surface area contributed by atoms with Crippen LogP contribution in [0.5, 0.6) is 0 Å². The molecule has 0 bridgehead atoms. The third-order valence-corrected chi connectivity index (χ3v) is 8.06. The van der Waals surface area contributed by atoms with E-state index in [1.54, 1.807) is 66.7 Å². The van der Waals surface area contributed by atoms with E-state index in [0.29, 0.717) is 33.4 Å². The van der Waals surface area contributed by atoms with Gasteiger partial charge < -0.3 is 16.0 Å². The normalized spacial score (nSPS) is 11.9. The van der Waals surface area contributed by atoms with Gasteiger partial charge in [-0.05, 0) is 73.5 Å². The van der Waals surface area contributed by atoms with Gasteiger partial charge in [0, 0.05) is 21.2 Å². The Labute approximate surface area is 259 Å². The highest BCUT2D eigenvalue weighted by Crippen LogP contribution is 2.31. The summed E-state index contributed by atoms with van der Waals surface area (Å²) in [6.45, 7) is 3.89. The SMILES string of the molecule is CCC(Sc1cccc(NC(=O)/C(=C\c2ccc(C)cc2)NC(=O)c2ccccc2)c1)C(=O)Nc1cc(Cl)ccc1Cl. The molecule has 0 aliphatic heterocycles. The average molecular weight is 619 g/mol. The second-order valence-corrected chi connectivity index (χ2v) is 11.5. The number of rotatable bonds is 10. The summed E-state index contributed by atoms with van der Waals surface area (Å²) in [7, 11) is 0. The number of thioether (sulfide) groups is 1. The monoisotopic (exact) mass is 617 g/mol. The fourth-order valence-electron chi connectivity index (χ4n) is 3.91. The lowest BCUT2D eigenvalue weighted by atomic mass is 10.1. The average Bonchev–Trinajstić information content (AvgIpc) is 2.99. The lowest BCUT2D eigenvalue weighted by Gasteiger charge is -2.16. The fourth-order valence-corrected chi connectivity index (χ4v) is 5.26. The maximum atomic E-state index is 13.4. The Balaban J connectivity index is 1.50. The summed E-state index contributed by atoms with van der Waals surface area (Å²) in [6.07, 6.45) is 2.19. The van der Waals surface area contributed by atoms with Gasteiger partial charge >= 0.3 is 0 Å². The van der Waals surface area contributed by atoms with Gasteiger partial charge in [0.25, 0.3) is 11.8 Å². The molecule has 4 aromatic carbocycles. The van der Waals surface area contributed by atoms with Crippen LogP contribution in [0.3, 0.4) is 0 Å². The Bertz CT molecular complexity index is 1610. The van der Waals surface area contributed by atoms with Crippen molar-refractivity contribution in [1.82, 2.24) is 5.32 Å². The molecule has 0 aliphatic rings. The van der Waals surface area contributed by atoms with Crippen LogP contribution in [-0.2, 0) is 9.59 Å². The molecule has 0 spiro atoms. The maximum absolute atomic E-state index is 13.4. The summed E-state index contributed by atoms with van der Waals surface area (Å²) in [5.74, 6) is -1.10. The van der Waals surface area contributed by atoms with Gasteiger partial charge in [0.2, 0.25) is 5.91 Å². The second-order valence-electron chi connectivity index (χ2n) is 9.40. The molecule has 3 amide bonds. The lowest BCUT2D eigenvalue weighted by Crippen LogP contribution is -2.30. The van der Waals surface area contributed by atoms with E-state index in [2.05, 4.69) is 16.0 Å². The largest absolute Gasteiger partial charge is 0.324 e. The van der Waals surface area contributed by atoms with Gasteiger partial charge in [-0.3, -0.25) is 14.4 Å². The van der Waals surface area contributed by atoms with Crippen molar-refractivity contribution in [3.05, 3.63) is 129 Å². The standard InChI is InChI=1S/C33H29Cl2N3O3S/c1-3-30(33(41)37-28-19-24(34)16-17-27(28)35)42-26-11-7-10-25(20-26)36-32(40)29(18-22-14-12-21(2)13-15-22)38-31(39)23-8-5-4-6-9-23/h4-20,30H,3H2,1-2H3,(H,36,40)(H,37,41)(H,38,39)/b29-18+. The smallest absolute Gasteiger partial charge is 0.272 e. The third-order valence-electron chi connectivity index (χ3n) is 6.14.